The molecule has 0 spiro atoms. The van der Waals surface area contributed by atoms with Crippen molar-refractivity contribution >= 4 is 28.5 Å². The molecule has 31 heavy (non-hydrogen) atoms. The predicted octanol–water partition coefficient (Wildman–Crippen LogP) is 5.42. The van der Waals surface area contributed by atoms with Gasteiger partial charge in [0, 0.05) is 29.9 Å². The van der Waals surface area contributed by atoms with Crippen LogP contribution in [-0.4, -0.2) is 39.6 Å². The fourth-order valence-electron chi connectivity index (χ4n) is 5.08. The molecule has 5 nitrogen and oxygen atoms in total. The van der Waals surface area contributed by atoms with Crippen molar-refractivity contribution in [3.63, 3.8) is 0 Å². The van der Waals surface area contributed by atoms with E-state index < -0.39 is 0 Å². The molecule has 1 saturated heterocycles. The average molecular weight is 438 g/mol. The highest BCUT2D eigenvalue weighted by atomic mass is 35.5. The molecule has 162 valence electrons. The number of amides is 1. The molecule has 1 aliphatic heterocycles. The number of ether oxygens (including phenoxy) is 1. The lowest BCUT2D eigenvalue weighted by Gasteiger charge is -2.31. The molecule has 2 heterocycles. The number of halogens is 1. The van der Waals surface area contributed by atoms with Crippen molar-refractivity contribution in [1.29, 1.82) is 0 Å². The highest BCUT2D eigenvalue weighted by Gasteiger charge is 2.37. The van der Waals surface area contributed by atoms with Gasteiger partial charge in [-0.1, -0.05) is 43.0 Å². The second kappa shape index (κ2) is 8.91. The fraction of sp³-hybridized carbons (Fsp3) is 0.440. The number of nitrogens with zero attached hydrogens (tertiary/aromatic N) is 3. The number of imidazole rings is 1. The van der Waals surface area contributed by atoms with Crippen LogP contribution in [0.3, 0.4) is 0 Å². The number of aromatic nitrogens is 2. The maximum absolute atomic E-state index is 12.9. The monoisotopic (exact) mass is 437 g/mol. The first-order valence-electron chi connectivity index (χ1n) is 11.3. The Kier molecular flexibility index (Phi) is 5.86. The molecule has 1 amide bonds. The van der Waals surface area contributed by atoms with Gasteiger partial charge in [-0.05, 0) is 49.2 Å². The molecule has 5 rings (SSSR count). The van der Waals surface area contributed by atoms with Crippen molar-refractivity contribution in [2.75, 3.05) is 13.2 Å². The Hall–Kier alpha value is -2.53. The first-order chi connectivity index (χ1) is 15.2. The molecular formula is C25H28ClN3O2. The van der Waals surface area contributed by atoms with Gasteiger partial charge in [-0.25, -0.2) is 4.98 Å². The van der Waals surface area contributed by atoms with Gasteiger partial charge < -0.3 is 14.2 Å². The zero-order valence-corrected chi connectivity index (χ0v) is 18.4. The molecule has 6 heteroatoms. The summed E-state index contributed by atoms with van der Waals surface area (Å²) in [4.78, 5) is 20.0. The summed E-state index contributed by atoms with van der Waals surface area (Å²) in [5, 5.41) is 0.698. The third-order valence-electron chi connectivity index (χ3n) is 6.62. The van der Waals surface area contributed by atoms with E-state index in [1.54, 1.807) is 0 Å². The summed E-state index contributed by atoms with van der Waals surface area (Å²) in [6.07, 6.45) is 6.61. The lowest BCUT2D eigenvalue weighted by molar-refractivity contribution is -0.130. The highest BCUT2D eigenvalue weighted by molar-refractivity contribution is 6.30. The van der Waals surface area contributed by atoms with Crippen LogP contribution in [0.5, 0.6) is 5.75 Å². The molecular weight excluding hydrogens is 410 g/mol. The van der Waals surface area contributed by atoms with Gasteiger partial charge in [-0.2, -0.15) is 0 Å². The van der Waals surface area contributed by atoms with Gasteiger partial charge in [0.1, 0.15) is 18.2 Å². The number of hydrogen-bond donors (Lipinski definition) is 0. The SMILES string of the molecule is O=C1CC(c2nc3ccccc3n2CCOc2ccc(Cl)cc2)CN1C1CCCCC1. The largest absolute Gasteiger partial charge is 0.492 e. The molecule has 0 bridgehead atoms. The van der Waals surface area contributed by atoms with Crippen molar-refractivity contribution in [2.45, 2.75) is 57.0 Å². The van der Waals surface area contributed by atoms with Crippen LogP contribution in [0.15, 0.2) is 48.5 Å². The zero-order chi connectivity index (χ0) is 21.2. The Labute approximate surface area is 188 Å². The Morgan fingerprint density at radius 2 is 1.81 bits per heavy atom. The van der Waals surface area contributed by atoms with Gasteiger partial charge in [0.25, 0.3) is 0 Å². The van der Waals surface area contributed by atoms with Crippen LogP contribution >= 0.6 is 11.6 Å². The number of likely N-dealkylation sites (tertiary alicyclic amines) is 1. The first-order valence-corrected chi connectivity index (χ1v) is 11.7. The van der Waals surface area contributed by atoms with Gasteiger partial charge in [-0.3, -0.25) is 4.79 Å². The van der Waals surface area contributed by atoms with E-state index >= 15 is 0 Å². The molecule has 2 aromatic carbocycles. The Bertz CT molecular complexity index is 1060. The molecule has 0 radical (unpaired) electrons. The molecule has 2 aliphatic rings. The normalized spacial score (nSPS) is 20.0. The molecule has 0 N–H and O–H groups in total. The smallest absolute Gasteiger partial charge is 0.223 e. The molecule has 1 atom stereocenters. The van der Waals surface area contributed by atoms with Gasteiger partial charge in [0.2, 0.25) is 5.91 Å². The van der Waals surface area contributed by atoms with Gasteiger partial charge >= 0.3 is 0 Å². The van der Waals surface area contributed by atoms with Crippen LogP contribution in [0, 0.1) is 0 Å². The Morgan fingerprint density at radius 1 is 1.03 bits per heavy atom. The maximum atomic E-state index is 12.9. The second-order valence-electron chi connectivity index (χ2n) is 8.65. The van der Waals surface area contributed by atoms with Crippen LogP contribution in [-0.2, 0) is 11.3 Å². The number of fused-ring (bicyclic) bond motifs is 1. The molecule has 1 aromatic heterocycles. The fourth-order valence-corrected chi connectivity index (χ4v) is 5.20. The van der Waals surface area contributed by atoms with E-state index in [2.05, 4.69) is 15.5 Å². The van der Waals surface area contributed by atoms with Crippen molar-refractivity contribution in [2.24, 2.45) is 0 Å². The quantitative estimate of drug-likeness (QED) is 0.517. The van der Waals surface area contributed by atoms with Crippen molar-refractivity contribution in [1.82, 2.24) is 14.5 Å². The summed E-state index contributed by atoms with van der Waals surface area (Å²) in [6, 6.07) is 16.0. The lowest BCUT2D eigenvalue weighted by atomic mass is 9.94. The van der Waals surface area contributed by atoms with Crippen molar-refractivity contribution in [3.05, 3.63) is 59.4 Å². The van der Waals surface area contributed by atoms with Crippen LogP contribution in [0.2, 0.25) is 5.02 Å². The molecule has 1 saturated carbocycles. The van der Waals surface area contributed by atoms with E-state index in [0.717, 1.165) is 42.0 Å². The van der Waals surface area contributed by atoms with Gasteiger partial charge in [0.15, 0.2) is 0 Å². The molecule has 1 aliphatic carbocycles. The summed E-state index contributed by atoms with van der Waals surface area (Å²) in [5.41, 5.74) is 2.08. The second-order valence-corrected chi connectivity index (χ2v) is 9.09. The first kappa shape index (κ1) is 20.4. The lowest BCUT2D eigenvalue weighted by Crippen LogP contribution is -2.37. The minimum Gasteiger partial charge on any atom is -0.492 e. The molecule has 3 aromatic rings. The van der Waals surface area contributed by atoms with E-state index in [1.165, 1.54) is 19.3 Å². The maximum Gasteiger partial charge on any atom is 0.223 e. The number of para-hydroxylation sites is 2. The summed E-state index contributed by atoms with van der Waals surface area (Å²) in [6.45, 7) is 2.00. The van der Waals surface area contributed by atoms with Crippen LogP contribution in [0.25, 0.3) is 11.0 Å². The van der Waals surface area contributed by atoms with E-state index in [4.69, 9.17) is 21.3 Å². The third-order valence-corrected chi connectivity index (χ3v) is 6.87. The van der Waals surface area contributed by atoms with E-state index in [-0.39, 0.29) is 11.8 Å². The Morgan fingerprint density at radius 3 is 2.61 bits per heavy atom. The van der Waals surface area contributed by atoms with Crippen LogP contribution in [0.4, 0.5) is 0 Å². The van der Waals surface area contributed by atoms with E-state index in [1.807, 2.05) is 42.5 Å². The van der Waals surface area contributed by atoms with Gasteiger partial charge in [-0.15, -0.1) is 0 Å². The highest BCUT2D eigenvalue weighted by Crippen LogP contribution is 2.34. The predicted molar refractivity (Wildman–Crippen MR) is 123 cm³/mol. The van der Waals surface area contributed by atoms with Crippen LogP contribution < -0.4 is 4.74 Å². The number of hydrogen-bond acceptors (Lipinski definition) is 3. The molecule has 2 fully saturated rings. The van der Waals surface area contributed by atoms with E-state index in [9.17, 15) is 4.79 Å². The van der Waals surface area contributed by atoms with Crippen molar-refractivity contribution < 1.29 is 9.53 Å². The van der Waals surface area contributed by atoms with Crippen LogP contribution in [0.1, 0.15) is 50.3 Å². The minimum atomic E-state index is 0.136. The van der Waals surface area contributed by atoms with Crippen molar-refractivity contribution in [3.8, 4) is 5.75 Å². The zero-order valence-electron chi connectivity index (χ0n) is 17.7. The number of benzene rings is 2. The average Bonchev–Trinajstić information content (AvgIpc) is 3.36. The molecule has 1 unspecified atom stereocenters. The standard InChI is InChI=1S/C25H28ClN3O2/c26-19-10-12-21(13-11-19)31-15-14-28-23-9-5-4-8-22(23)27-25(28)18-16-24(30)29(17-18)20-6-2-1-3-7-20/h4-5,8-13,18,20H,1-3,6-7,14-17H2. The Balaban J connectivity index is 1.36. The summed E-state index contributed by atoms with van der Waals surface area (Å²) < 4.78 is 8.20. The van der Waals surface area contributed by atoms with Gasteiger partial charge in [0.05, 0.1) is 17.6 Å². The number of rotatable bonds is 6. The van der Waals surface area contributed by atoms with E-state index in [0.29, 0.717) is 30.6 Å². The summed E-state index contributed by atoms with van der Waals surface area (Å²) in [5.74, 6) is 2.23. The third kappa shape index (κ3) is 4.29. The topological polar surface area (TPSA) is 47.4 Å². The number of carbonyl (C=O) groups is 1. The summed E-state index contributed by atoms with van der Waals surface area (Å²) >= 11 is 5.97. The number of carbonyl (C=O) groups excluding carboxylic acids is 1. The summed E-state index contributed by atoms with van der Waals surface area (Å²) in [7, 11) is 0. The minimum absolute atomic E-state index is 0.136.